The first-order valence-electron chi connectivity index (χ1n) is 6.36. The summed E-state index contributed by atoms with van der Waals surface area (Å²) >= 11 is 0. The first-order chi connectivity index (χ1) is 10.2. The average molecular weight is 315 g/mol. The third kappa shape index (κ3) is 5.90. The maximum absolute atomic E-state index is 12.0. The van der Waals surface area contributed by atoms with Crippen molar-refractivity contribution in [3.63, 3.8) is 0 Å². The molecule has 0 atom stereocenters. The van der Waals surface area contributed by atoms with Crippen LogP contribution in [-0.2, 0) is 4.79 Å². The van der Waals surface area contributed by atoms with Crippen molar-refractivity contribution in [3.05, 3.63) is 48.2 Å². The van der Waals surface area contributed by atoms with E-state index in [9.17, 15) is 18.0 Å². The van der Waals surface area contributed by atoms with Gasteiger partial charge in [-0.25, -0.2) is 4.79 Å². The highest BCUT2D eigenvalue weighted by Crippen LogP contribution is 2.22. The molecule has 1 aromatic carbocycles. The van der Waals surface area contributed by atoms with E-state index < -0.39 is 25.2 Å². The van der Waals surface area contributed by atoms with Crippen LogP contribution in [0.2, 0.25) is 0 Å². The molecule has 0 aliphatic rings. The highest BCUT2D eigenvalue weighted by Gasteiger charge is 2.26. The number of anilines is 1. The first kappa shape index (κ1) is 17.6. The molecule has 0 saturated heterocycles. The van der Waals surface area contributed by atoms with Crippen LogP contribution >= 0.6 is 0 Å². The SMILES string of the molecule is C=C/C(C(=O)O)=C(/C)Nc1ccc(OCCC(F)(F)F)cc1. The lowest BCUT2D eigenvalue weighted by Crippen LogP contribution is -2.13. The molecule has 0 saturated carbocycles. The summed E-state index contributed by atoms with van der Waals surface area (Å²) in [5, 5.41) is 11.8. The number of hydrogen-bond donors (Lipinski definition) is 2. The number of alkyl halides is 3. The van der Waals surface area contributed by atoms with Crippen molar-refractivity contribution in [1.29, 1.82) is 0 Å². The molecular weight excluding hydrogens is 299 g/mol. The third-order valence-electron chi connectivity index (χ3n) is 2.68. The van der Waals surface area contributed by atoms with Crippen LogP contribution in [0.3, 0.4) is 0 Å². The number of carboxylic acids is 1. The monoisotopic (exact) mass is 315 g/mol. The lowest BCUT2D eigenvalue weighted by molar-refractivity contribution is -0.139. The van der Waals surface area contributed by atoms with Crippen LogP contribution in [-0.4, -0.2) is 23.9 Å². The number of nitrogens with one attached hydrogen (secondary N) is 1. The van der Waals surface area contributed by atoms with E-state index in [2.05, 4.69) is 11.9 Å². The Balaban J connectivity index is 2.65. The zero-order valence-electron chi connectivity index (χ0n) is 11.9. The topological polar surface area (TPSA) is 58.6 Å². The van der Waals surface area contributed by atoms with Gasteiger partial charge < -0.3 is 15.2 Å². The summed E-state index contributed by atoms with van der Waals surface area (Å²) in [7, 11) is 0. The van der Waals surface area contributed by atoms with Gasteiger partial charge in [0, 0.05) is 11.4 Å². The van der Waals surface area contributed by atoms with Gasteiger partial charge in [-0.05, 0) is 31.2 Å². The second-order valence-corrected chi connectivity index (χ2v) is 4.41. The van der Waals surface area contributed by atoms with Crippen molar-refractivity contribution < 1.29 is 27.8 Å². The molecule has 120 valence electrons. The molecule has 1 aromatic rings. The molecule has 22 heavy (non-hydrogen) atoms. The molecule has 0 unspecified atom stereocenters. The summed E-state index contributed by atoms with van der Waals surface area (Å²) in [5.74, 6) is -0.800. The van der Waals surface area contributed by atoms with E-state index in [0.29, 0.717) is 17.1 Å². The Kier molecular flexibility index (Phi) is 6.03. The summed E-state index contributed by atoms with van der Waals surface area (Å²) in [4.78, 5) is 10.9. The maximum Gasteiger partial charge on any atom is 0.392 e. The third-order valence-corrected chi connectivity index (χ3v) is 2.68. The fourth-order valence-corrected chi connectivity index (χ4v) is 1.60. The number of ether oxygens (including phenoxy) is 1. The van der Waals surface area contributed by atoms with E-state index in [1.54, 1.807) is 19.1 Å². The van der Waals surface area contributed by atoms with E-state index in [0.717, 1.165) is 0 Å². The van der Waals surface area contributed by atoms with Gasteiger partial charge in [-0.15, -0.1) is 0 Å². The molecule has 2 N–H and O–H groups in total. The van der Waals surface area contributed by atoms with Gasteiger partial charge in [-0.3, -0.25) is 0 Å². The summed E-state index contributed by atoms with van der Waals surface area (Å²) < 4.78 is 40.9. The van der Waals surface area contributed by atoms with E-state index in [-0.39, 0.29) is 5.57 Å². The van der Waals surface area contributed by atoms with E-state index >= 15 is 0 Å². The Morgan fingerprint density at radius 2 is 1.95 bits per heavy atom. The Hall–Kier alpha value is -2.44. The Bertz CT molecular complexity index is 562. The second-order valence-electron chi connectivity index (χ2n) is 4.41. The molecule has 0 aromatic heterocycles. The van der Waals surface area contributed by atoms with Crippen LogP contribution in [0, 0.1) is 0 Å². The lowest BCUT2D eigenvalue weighted by atomic mass is 10.2. The van der Waals surface area contributed by atoms with Crippen LogP contribution in [0.1, 0.15) is 13.3 Å². The van der Waals surface area contributed by atoms with Crippen molar-refractivity contribution in [1.82, 2.24) is 0 Å². The fraction of sp³-hybridized carbons (Fsp3) is 0.267. The van der Waals surface area contributed by atoms with Crippen molar-refractivity contribution in [2.45, 2.75) is 19.5 Å². The van der Waals surface area contributed by atoms with Crippen LogP contribution in [0.5, 0.6) is 5.75 Å². The zero-order chi connectivity index (χ0) is 16.8. The van der Waals surface area contributed by atoms with Crippen molar-refractivity contribution in [2.24, 2.45) is 0 Å². The highest BCUT2D eigenvalue weighted by molar-refractivity contribution is 5.91. The minimum Gasteiger partial charge on any atom is -0.493 e. The maximum atomic E-state index is 12.0. The average Bonchev–Trinajstić information content (AvgIpc) is 2.39. The number of rotatable bonds is 7. The van der Waals surface area contributed by atoms with E-state index in [1.165, 1.54) is 18.2 Å². The van der Waals surface area contributed by atoms with Gasteiger partial charge in [0.1, 0.15) is 5.75 Å². The molecular formula is C15H16F3NO3. The molecule has 0 amide bonds. The van der Waals surface area contributed by atoms with Crippen LogP contribution in [0.4, 0.5) is 18.9 Å². The van der Waals surface area contributed by atoms with Crippen LogP contribution in [0.15, 0.2) is 48.2 Å². The summed E-state index contributed by atoms with van der Waals surface area (Å²) in [6.07, 6.45) is -4.04. The molecule has 0 bridgehead atoms. The Morgan fingerprint density at radius 3 is 2.41 bits per heavy atom. The summed E-state index contributed by atoms with van der Waals surface area (Å²) in [5.41, 5.74) is 1.01. The number of hydrogen-bond acceptors (Lipinski definition) is 3. The van der Waals surface area contributed by atoms with Gasteiger partial charge in [0.2, 0.25) is 0 Å². The van der Waals surface area contributed by atoms with Crippen molar-refractivity contribution >= 4 is 11.7 Å². The van der Waals surface area contributed by atoms with Gasteiger partial charge in [0.05, 0.1) is 18.6 Å². The molecule has 0 radical (unpaired) electrons. The van der Waals surface area contributed by atoms with Gasteiger partial charge in [0.15, 0.2) is 0 Å². The molecule has 7 heteroatoms. The first-order valence-corrected chi connectivity index (χ1v) is 6.36. The zero-order valence-corrected chi connectivity index (χ0v) is 11.9. The predicted molar refractivity (Wildman–Crippen MR) is 76.8 cm³/mol. The normalized spacial score (nSPS) is 12.4. The van der Waals surface area contributed by atoms with Gasteiger partial charge >= 0.3 is 12.1 Å². The number of carboxylic acid groups (broad SMARTS) is 1. The van der Waals surface area contributed by atoms with Gasteiger partial charge in [-0.2, -0.15) is 13.2 Å². The molecule has 0 heterocycles. The molecule has 0 spiro atoms. The summed E-state index contributed by atoms with van der Waals surface area (Å²) in [6, 6.07) is 6.16. The Morgan fingerprint density at radius 1 is 1.36 bits per heavy atom. The quantitative estimate of drug-likeness (QED) is 0.590. The van der Waals surface area contributed by atoms with E-state index in [4.69, 9.17) is 9.84 Å². The minimum absolute atomic E-state index is 0.0329. The lowest BCUT2D eigenvalue weighted by Gasteiger charge is -2.11. The fourth-order valence-electron chi connectivity index (χ4n) is 1.60. The summed E-state index contributed by atoms with van der Waals surface area (Å²) in [6.45, 7) is 4.55. The predicted octanol–water partition coefficient (Wildman–Crippen LogP) is 3.97. The highest BCUT2D eigenvalue weighted by atomic mass is 19.4. The van der Waals surface area contributed by atoms with Gasteiger partial charge in [0.25, 0.3) is 0 Å². The van der Waals surface area contributed by atoms with Gasteiger partial charge in [-0.1, -0.05) is 12.7 Å². The number of carbonyl (C=O) groups is 1. The van der Waals surface area contributed by atoms with Crippen LogP contribution in [0.25, 0.3) is 0 Å². The number of aliphatic carboxylic acids is 1. The second kappa shape index (κ2) is 7.53. The molecule has 0 fully saturated rings. The number of allylic oxidation sites excluding steroid dienone is 1. The molecule has 4 nitrogen and oxygen atoms in total. The molecule has 0 aliphatic carbocycles. The van der Waals surface area contributed by atoms with E-state index in [1.807, 2.05) is 0 Å². The molecule has 1 rings (SSSR count). The Labute approximate surface area is 125 Å². The van der Waals surface area contributed by atoms with Crippen molar-refractivity contribution in [3.8, 4) is 5.75 Å². The van der Waals surface area contributed by atoms with Crippen LogP contribution < -0.4 is 10.1 Å². The minimum atomic E-state index is -4.25. The largest absolute Gasteiger partial charge is 0.493 e. The standard InChI is InChI=1S/C15H16F3NO3/c1-3-13(14(20)21)10(2)19-11-4-6-12(7-5-11)22-9-8-15(16,17)18/h3-7,19H,1,8-9H2,2H3,(H,20,21)/b13-10+. The number of benzene rings is 1. The number of halogens is 3. The van der Waals surface area contributed by atoms with Crippen molar-refractivity contribution in [2.75, 3.05) is 11.9 Å². The smallest absolute Gasteiger partial charge is 0.392 e. The molecule has 0 aliphatic heterocycles.